The lowest BCUT2D eigenvalue weighted by Gasteiger charge is -2.16. The standard InChI is InChI=1S/C18H27N3/c1-5-9-16-20-15(12-18(2,3)4)17(19)21(16)13-14-10-7-6-8-11-14/h6-8,10-11H,5,9,12-13,19H2,1-4H3. The number of aryl methyl sites for hydroxylation is 1. The SMILES string of the molecule is CCCc1nc(CC(C)(C)C)c(N)n1Cc1ccccc1. The van der Waals surface area contributed by atoms with Crippen molar-refractivity contribution in [2.24, 2.45) is 5.41 Å². The van der Waals surface area contributed by atoms with Gasteiger partial charge in [0.05, 0.1) is 12.2 Å². The third-order valence-electron chi connectivity index (χ3n) is 3.52. The van der Waals surface area contributed by atoms with Crippen LogP contribution in [0.4, 0.5) is 5.82 Å². The summed E-state index contributed by atoms with van der Waals surface area (Å²) in [6.45, 7) is 9.66. The van der Waals surface area contributed by atoms with Crippen LogP contribution >= 0.6 is 0 Å². The zero-order valence-electron chi connectivity index (χ0n) is 13.7. The number of aromatic nitrogens is 2. The normalized spacial score (nSPS) is 11.8. The van der Waals surface area contributed by atoms with Crippen LogP contribution in [0.1, 0.15) is 51.2 Å². The molecule has 1 aromatic carbocycles. The predicted octanol–water partition coefficient (Wildman–Crippen LogP) is 4.05. The minimum absolute atomic E-state index is 0.198. The minimum Gasteiger partial charge on any atom is -0.384 e. The van der Waals surface area contributed by atoms with Gasteiger partial charge < -0.3 is 10.3 Å². The van der Waals surface area contributed by atoms with Gasteiger partial charge in [0.1, 0.15) is 11.6 Å². The molecule has 0 aliphatic rings. The molecule has 0 aliphatic heterocycles. The Morgan fingerprint density at radius 3 is 2.38 bits per heavy atom. The van der Waals surface area contributed by atoms with E-state index in [0.717, 1.165) is 43.1 Å². The van der Waals surface area contributed by atoms with Gasteiger partial charge in [-0.15, -0.1) is 0 Å². The number of imidazole rings is 1. The second kappa shape index (κ2) is 6.33. The lowest BCUT2D eigenvalue weighted by Crippen LogP contribution is -2.12. The summed E-state index contributed by atoms with van der Waals surface area (Å²) in [5, 5.41) is 0. The molecule has 0 amide bonds. The molecule has 21 heavy (non-hydrogen) atoms. The first-order valence-electron chi connectivity index (χ1n) is 7.78. The maximum atomic E-state index is 6.39. The molecule has 0 spiro atoms. The van der Waals surface area contributed by atoms with Crippen LogP contribution in [0.15, 0.2) is 30.3 Å². The molecule has 0 fully saturated rings. The summed E-state index contributed by atoms with van der Waals surface area (Å²) in [5.41, 5.74) is 8.90. The van der Waals surface area contributed by atoms with E-state index in [-0.39, 0.29) is 5.41 Å². The highest BCUT2D eigenvalue weighted by Crippen LogP contribution is 2.26. The van der Waals surface area contributed by atoms with E-state index in [1.165, 1.54) is 5.56 Å². The molecule has 1 aromatic heterocycles. The largest absolute Gasteiger partial charge is 0.384 e. The van der Waals surface area contributed by atoms with Crippen molar-refractivity contribution < 1.29 is 0 Å². The van der Waals surface area contributed by atoms with Crippen LogP contribution in [0.5, 0.6) is 0 Å². The number of rotatable bonds is 5. The molecule has 0 aliphatic carbocycles. The first-order chi connectivity index (χ1) is 9.90. The lowest BCUT2D eigenvalue weighted by atomic mass is 9.90. The van der Waals surface area contributed by atoms with Gasteiger partial charge in [-0.05, 0) is 23.8 Å². The van der Waals surface area contributed by atoms with Crippen LogP contribution in [0.3, 0.4) is 0 Å². The molecule has 2 aromatic rings. The highest BCUT2D eigenvalue weighted by Gasteiger charge is 2.20. The molecule has 114 valence electrons. The molecule has 0 unspecified atom stereocenters. The van der Waals surface area contributed by atoms with Gasteiger partial charge in [0.2, 0.25) is 0 Å². The molecule has 2 N–H and O–H groups in total. The van der Waals surface area contributed by atoms with Crippen molar-refractivity contribution in [1.82, 2.24) is 9.55 Å². The number of anilines is 1. The van der Waals surface area contributed by atoms with Crippen molar-refractivity contribution in [3.63, 3.8) is 0 Å². The number of nitrogens with zero attached hydrogens (tertiary/aromatic N) is 2. The van der Waals surface area contributed by atoms with Crippen molar-refractivity contribution in [3.8, 4) is 0 Å². The zero-order valence-corrected chi connectivity index (χ0v) is 13.7. The Hall–Kier alpha value is -1.77. The smallest absolute Gasteiger partial charge is 0.127 e. The van der Waals surface area contributed by atoms with E-state index in [9.17, 15) is 0 Å². The Morgan fingerprint density at radius 1 is 1.14 bits per heavy atom. The number of nitrogen functional groups attached to an aromatic ring is 1. The van der Waals surface area contributed by atoms with Gasteiger partial charge in [-0.25, -0.2) is 4.98 Å². The predicted molar refractivity (Wildman–Crippen MR) is 89.3 cm³/mol. The first-order valence-corrected chi connectivity index (χ1v) is 7.78. The van der Waals surface area contributed by atoms with Gasteiger partial charge in [-0.1, -0.05) is 58.0 Å². The summed E-state index contributed by atoms with van der Waals surface area (Å²) in [4.78, 5) is 4.82. The topological polar surface area (TPSA) is 43.8 Å². The summed E-state index contributed by atoms with van der Waals surface area (Å²) in [6.07, 6.45) is 2.97. The molecular formula is C18H27N3. The van der Waals surface area contributed by atoms with Crippen molar-refractivity contribution in [1.29, 1.82) is 0 Å². The average molecular weight is 285 g/mol. The van der Waals surface area contributed by atoms with E-state index in [1.54, 1.807) is 0 Å². The molecular weight excluding hydrogens is 258 g/mol. The fraction of sp³-hybridized carbons (Fsp3) is 0.500. The molecule has 0 atom stereocenters. The number of hydrogen-bond acceptors (Lipinski definition) is 2. The molecule has 0 bridgehead atoms. The Kier molecular flexibility index (Phi) is 4.71. The molecule has 3 heteroatoms. The van der Waals surface area contributed by atoms with E-state index >= 15 is 0 Å². The third kappa shape index (κ3) is 4.10. The second-order valence-electron chi connectivity index (χ2n) is 6.92. The number of nitrogens with two attached hydrogens (primary N) is 1. The Morgan fingerprint density at radius 2 is 1.81 bits per heavy atom. The zero-order chi connectivity index (χ0) is 15.5. The maximum Gasteiger partial charge on any atom is 0.127 e. The van der Waals surface area contributed by atoms with Gasteiger partial charge in [0, 0.05) is 6.42 Å². The maximum absolute atomic E-state index is 6.39. The van der Waals surface area contributed by atoms with Crippen molar-refractivity contribution in [2.45, 2.75) is 53.5 Å². The van der Waals surface area contributed by atoms with E-state index in [0.29, 0.717) is 0 Å². The highest BCUT2D eigenvalue weighted by atomic mass is 15.1. The molecule has 0 radical (unpaired) electrons. The van der Waals surface area contributed by atoms with Gasteiger partial charge in [0.25, 0.3) is 0 Å². The monoisotopic (exact) mass is 285 g/mol. The fourth-order valence-electron chi connectivity index (χ4n) is 2.56. The van der Waals surface area contributed by atoms with Crippen molar-refractivity contribution in [3.05, 3.63) is 47.4 Å². The summed E-state index contributed by atoms with van der Waals surface area (Å²) < 4.78 is 2.18. The van der Waals surface area contributed by atoms with Crippen molar-refractivity contribution >= 4 is 5.82 Å². The second-order valence-corrected chi connectivity index (χ2v) is 6.92. The van der Waals surface area contributed by atoms with E-state index < -0.39 is 0 Å². The summed E-state index contributed by atoms with van der Waals surface area (Å²) in [7, 11) is 0. The third-order valence-corrected chi connectivity index (χ3v) is 3.52. The minimum atomic E-state index is 0.198. The van der Waals surface area contributed by atoms with E-state index in [1.807, 2.05) is 6.07 Å². The van der Waals surface area contributed by atoms with Gasteiger partial charge >= 0.3 is 0 Å². The van der Waals surface area contributed by atoms with Crippen LogP contribution in [0.25, 0.3) is 0 Å². The Bertz CT molecular complexity index is 577. The quantitative estimate of drug-likeness (QED) is 0.900. The Balaban J connectivity index is 2.34. The van der Waals surface area contributed by atoms with E-state index in [2.05, 4.69) is 56.5 Å². The number of benzene rings is 1. The molecule has 0 saturated heterocycles. The molecule has 3 nitrogen and oxygen atoms in total. The van der Waals surface area contributed by atoms with Crippen LogP contribution in [-0.4, -0.2) is 9.55 Å². The van der Waals surface area contributed by atoms with Gasteiger partial charge in [-0.3, -0.25) is 0 Å². The van der Waals surface area contributed by atoms with E-state index in [4.69, 9.17) is 10.7 Å². The summed E-state index contributed by atoms with van der Waals surface area (Å²) in [5.74, 6) is 1.94. The molecule has 2 rings (SSSR count). The Labute approximate surface area is 128 Å². The summed E-state index contributed by atoms with van der Waals surface area (Å²) >= 11 is 0. The average Bonchev–Trinajstić information content (AvgIpc) is 2.67. The van der Waals surface area contributed by atoms with Crippen LogP contribution in [-0.2, 0) is 19.4 Å². The van der Waals surface area contributed by atoms with Gasteiger partial charge in [0.15, 0.2) is 0 Å². The number of hydrogen-bond donors (Lipinski definition) is 1. The van der Waals surface area contributed by atoms with Crippen LogP contribution < -0.4 is 5.73 Å². The summed E-state index contributed by atoms with van der Waals surface area (Å²) in [6, 6.07) is 10.5. The highest BCUT2D eigenvalue weighted by molar-refractivity contribution is 5.40. The van der Waals surface area contributed by atoms with Crippen molar-refractivity contribution in [2.75, 3.05) is 5.73 Å². The van der Waals surface area contributed by atoms with Gasteiger partial charge in [-0.2, -0.15) is 0 Å². The lowest BCUT2D eigenvalue weighted by molar-refractivity contribution is 0.407. The first kappa shape index (κ1) is 15.6. The van der Waals surface area contributed by atoms with Crippen LogP contribution in [0, 0.1) is 5.41 Å². The fourth-order valence-corrected chi connectivity index (χ4v) is 2.56. The van der Waals surface area contributed by atoms with Crippen LogP contribution in [0.2, 0.25) is 0 Å². The molecule has 0 saturated carbocycles. The molecule has 1 heterocycles.